The van der Waals surface area contributed by atoms with Gasteiger partial charge in [-0.2, -0.15) is 18.3 Å². The zero-order chi connectivity index (χ0) is 24.7. The Kier molecular flexibility index (Phi) is 5.86. The number of aromatic nitrogens is 4. The minimum absolute atomic E-state index is 0.168. The number of alkyl halides is 3. The van der Waals surface area contributed by atoms with Gasteiger partial charge in [-0.3, -0.25) is 14.0 Å². The maximum Gasteiger partial charge on any atom is 0.390 e. The topological polar surface area (TPSA) is 64.7 Å². The van der Waals surface area contributed by atoms with Crippen molar-refractivity contribution in [1.82, 2.24) is 19.3 Å². The van der Waals surface area contributed by atoms with Gasteiger partial charge in [-0.1, -0.05) is 0 Å². The highest BCUT2D eigenvalue weighted by atomic mass is 19.4. The van der Waals surface area contributed by atoms with E-state index in [4.69, 9.17) is 0 Å². The summed E-state index contributed by atoms with van der Waals surface area (Å²) in [5, 5.41) is 7.14. The Morgan fingerprint density at radius 1 is 1.17 bits per heavy atom. The summed E-state index contributed by atoms with van der Waals surface area (Å²) < 4.78 is 41.9. The lowest BCUT2D eigenvalue weighted by Gasteiger charge is -2.13. The monoisotopic (exact) mass is 481 g/mol. The highest BCUT2D eigenvalue weighted by Gasteiger charge is 2.27. The van der Waals surface area contributed by atoms with Gasteiger partial charge in [0.1, 0.15) is 11.8 Å². The molecule has 35 heavy (non-hydrogen) atoms. The Hall–Kier alpha value is -3.62. The number of hydrogen-bond acceptors (Lipinski definition) is 4. The maximum atomic E-state index is 12.8. The average Bonchev–Trinajstić information content (AvgIpc) is 3.33. The molecule has 2 aromatic heterocycles. The van der Waals surface area contributed by atoms with Crippen molar-refractivity contribution in [2.75, 3.05) is 11.9 Å². The quantitative estimate of drug-likeness (QED) is 0.310. The first-order valence-corrected chi connectivity index (χ1v) is 11.6. The van der Waals surface area contributed by atoms with Crippen LogP contribution < -0.4 is 5.32 Å². The second-order valence-electron chi connectivity index (χ2n) is 9.21. The molecule has 9 heteroatoms. The van der Waals surface area contributed by atoms with E-state index in [-0.39, 0.29) is 12.3 Å². The van der Waals surface area contributed by atoms with Crippen LogP contribution in [0.2, 0.25) is 0 Å². The fourth-order valence-corrected chi connectivity index (χ4v) is 4.41. The molecule has 0 unspecified atom stereocenters. The molecule has 1 N–H and O–H groups in total. The molecule has 1 saturated carbocycles. The first-order valence-electron chi connectivity index (χ1n) is 11.6. The number of anilines is 1. The van der Waals surface area contributed by atoms with Crippen molar-refractivity contribution >= 4 is 22.5 Å². The van der Waals surface area contributed by atoms with Gasteiger partial charge < -0.3 is 5.32 Å². The van der Waals surface area contributed by atoms with E-state index in [1.54, 1.807) is 23.3 Å². The zero-order valence-electron chi connectivity index (χ0n) is 19.6. The molecular weight excluding hydrogens is 455 g/mol. The van der Waals surface area contributed by atoms with Gasteiger partial charge in [-0.15, -0.1) is 0 Å². The van der Waals surface area contributed by atoms with Crippen molar-refractivity contribution in [2.24, 2.45) is 13.0 Å². The number of fused-ring (bicyclic) bond motifs is 1. The molecule has 5 rings (SSSR count). The minimum Gasteiger partial charge on any atom is -0.383 e. The number of rotatable bonds is 8. The summed E-state index contributed by atoms with van der Waals surface area (Å²) in [7, 11) is 1.81. The summed E-state index contributed by atoms with van der Waals surface area (Å²) in [6.07, 6.45) is 0.989. The molecule has 0 radical (unpaired) electrons. The highest BCUT2D eigenvalue weighted by Crippen LogP contribution is 2.35. The number of Topliss-reactive ketones (excluding diaryl/α,β-unsaturated/α-hetero) is 1. The summed E-state index contributed by atoms with van der Waals surface area (Å²) >= 11 is 0. The largest absolute Gasteiger partial charge is 0.390 e. The number of ketones is 1. The molecule has 0 bridgehead atoms. The van der Waals surface area contributed by atoms with Crippen LogP contribution >= 0.6 is 0 Å². The SMILES string of the molecule is Cc1cc(-n2cnc3c(NCCC(F)(F)F)cc(-c4ccnn4C)cc32)ccc1C(=O)CC1CC1. The Labute approximate surface area is 200 Å². The first-order chi connectivity index (χ1) is 16.7. The molecule has 0 aliphatic heterocycles. The van der Waals surface area contributed by atoms with Crippen LogP contribution in [0.4, 0.5) is 18.9 Å². The number of imidazole rings is 1. The lowest BCUT2D eigenvalue weighted by atomic mass is 10.00. The van der Waals surface area contributed by atoms with Gasteiger partial charge >= 0.3 is 6.18 Å². The van der Waals surface area contributed by atoms with E-state index in [1.807, 2.05) is 48.9 Å². The van der Waals surface area contributed by atoms with E-state index in [9.17, 15) is 18.0 Å². The van der Waals surface area contributed by atoms with E-state index in [0.717, 1.165) is 46.4 Å². The minimum atomic E-state index is -4.25. The third-order valence-corrected chi connectivity index (χ3v) is 6.45. The maximum absolute atomic E-state index is 12.8. The number of hydrogen-bond donors (Lipinski definition) is 1. The third-order valence-electron chi connectivity index (χ3n) is 6.45. The summed E-state index contributed by atoms with van der Waals surface area (Å²) in [5.74, 6) is 0.689. The van der Waals surface area contributed by atoms with E-state index < -0.39 is 12.6 Å². The third kappa shape index (κ3) is 4.94. The van der Waals surface area contributed by atoms with Crippen molar-refractivity contribution in [3.05, 3.63) is 60.0 Å². The Bertz CT molecular complexity index is 1400. The van der Waals surface area contributed by atoms with Crippen LogP contribution in [0, 0.1) is 12.8 Å². The number of nitrogens with one attached hydrogen (secondary N) is 1. The molecule has 182 valence electrons. The van der Waals surface area contributed by atoms with Crippen LogP contribution in [-0.2, 0) is 7.05 Å². The molecule has 2 aromatic carbocycles. The van der Waals surface area contributed by atoms with Crippen molar-refractivity contribution in [1.29, 1.82) is 0 Å². The molecular formula is C26H26F3N5O. The molecule has 1 aliphatic carbocycles. The summed E-state index contributed by atoms with van der Waals surface area (Å²) in [4.78, 5) is 17.2. The molecule has 0 spiro atoms. The number of nitrogens with zero attached hydrogens (tertiary/aromatic N) is 4. The van der Waals surface area contributed by atoms with E-state index >= 15 is 0 Å². The number of halogens is 3. The highest BCUT2D eigenvalue weighted by molar-refractivity contribution is 5.98. The first kappa shape index (κ1) is 23.1. The van der Waals surface area contributed by atoms with Gasteiger partial charge in [0.2, 0.25) is 0 Å². The number of carbonyl (C=O) groups is 1. The predicted octanol–water partition coefficient (Wildman–Crippen LogP) is 6.08. The number of aryl methyl sites for hydroxylation is 2. The Balaban J connectivity index is 1.55. The zero-order valence-corrected chi connectivity index (χ0v) is 19.6. The van der Waals surface area contributed by atoms with E-state index in [0.29, 0.717) is 23.5 Å². The molecule has 6 nitrogen and oxygen atoms in total. The standard InChI is InChI=1S/C26H26F3N5O/c1-16-11-19(5-6-20(16)24(35)12-17-3-4-17)34-15-31-25-21(30-10-8-26(27,28)29)13-18(14-23(25)34)22-7-9-32-33(22)2/h5-7,9,11,13-15,17,30H,3-4,8,10,12H2,1-2H3. The summed E-state index contributed by atoms with van der Waals surface area (Å²) in [6.45, 7) is 1.67. The van der Waals surface area contributed by atoms with Gasteiger partial charge in [0.15, 0.2) is 5.78 Å². The van der Waals surface area contributed by atoms with E-state index in [2.05, 4.69) is 15.4 Å². The van der Waals surface area contributed by atoms with E-state index in [1.165, 1.54) is 0 Å². The van der Waals surface area contributed by atoms with Gasteiger partial charge in [0.05, 0.1) is 23.3 Å². The Morgan fingerprint density at radius 2 is 1.97 bits per heavy atom. The van der Waals surface area contributed by atoms with Crippen LogP contribution in [0.15, 0.2) is 48.9 Å². The normalized spacial score (nSPS) is 14.0. The van der Waals surface area contributed by atoms with Crippen LogP contribution in [0.25, 0.3) is 28.0 Å². The van der Waals surface area contributed by atoms with Gasteiger partial charge in [-0.25, -0.2) is 4.98 Å². The number of carbonyl (C=O) groups excluding carboxylic acids is 1. The summed E-state index contributed by atoms with van der Waals surface area (Å²) in [6, 6.07) is 11.3. The smallest absolute Gasteiger partial charge is 0.383 e. The second-order valence-corrected chi connectivity index (χ2v) is 9.21. The predicted molar refractivity (Wildman–Crippen MR) is 129 cm³/mol. The van der Waals surface area contributed by atoms with Crippen LogP contribution in [-0.4, -0.2) is 37.8 Å². The lowest BCUT2D eigenvalue weighted by molar-refractivity contribution is -0.131. The molecule has 1 fully saturated rings. The van der Waals surface area contributed by atoms with Gasteiger partial charge in [-0.05, 0) is 67.6 Å². The van der Waals surface area contributed by atoms with Crippen LogP contribution in [0.5, 0.6) is 0 Å². The Morgan fingerprint density at radius 3 is 2.63 bits per heavy atom. The fraction of sp³-hybridized carbons (Fsp3) is 0.346. The molecule has 2 heterocycles. The van der Waals surface area contributed by atoms with Crippen molar-refractivity contribution < 1.29 is 18.0 Å². The molecule has 1 aliphatic rings. The molecule has 0 amide bonds. The second kappa shape index (κ2) is 8.87. The lowest BCUT2D eigenvalue weighted by Crippen LogP contribution is -2.14. The summed E-state index contributed by atoms with van der Waals surface area (Å²) in [5.41, 5.74) is 5.93. The van der Waals surface area contributed by atoms with Crippen LogP contribution in [0.1, 0.15) is 41.6 Å². The van der Waals surface area contributed by atoms with Gasteiger partial charge in [0.25, 0.3) is 0 Å². The van der Waals surface area contributed by atoms with Crippen molar-refractivity contribution in [3.63, 3.8) is 0 Å². The average molecular weight is 482 g/mol. The van der Waals surface area contributed by atoms with Crippen LogP contribution in [0.3, 0.4) is 0 Å². The fourth-order valence-electron chi connectivity index (χ4n) is 4.41. The molecule has 0 atom stereocenters. The molecule has 4 aromatic rings. The van der Waals surface area contributed by atoms with Crippen molar-refractivity contribution in [3.8, 4) is 16.9 Å². The van der Waals surface area contributed by atoms with Crippen molar-refractivity contribution in [2.45, 2.75) is 38.8 Å². The number of benzene rings is 2. The molecule has 0 saturated heterocycles. The van der Waals surface area contributed by atoms with Gasteiger partial charge in [0, 0.05) is 43.0 Å².